The van der Waals surface area contributed by atoms with E-state index >= 15 is 0 Å². The highest BCUT2D eigenvalue weighted by atomic mass is 35.5. The number of hydrogen-bond donors (Lipinski definition) is 1. The predicted molar refractivity (Wildman–Crippen MR) is 97.5 cm³/mol. The Morgan fingerprint density at radius 3 is 2.74 bits per heavy atom. The minimum atomic E-state index is -3.48. The van der Waals surface area contributed by atoms with Crippen molar-refractivity contribution in [2.24, 2.45) is 0 Å². The third kappa shape index (κ3) is 4.81. The van der Waals surface area contributed by atoms with Crippen molar-refractivity contribution in [1.82, 2.24) is 13.9 Å². The molecule has 0 radical (unpaired) electrons. The van der Waals surface area contributed by atoms with Crippen LogP contribution in [0.5, 0.6) is 0 Å². The Bertz CT molecular complexity index is 598. The van der Waals surface area contributed by atoms with E-state index in [1.54, 1.807) is 17.4 Å². The van der Waals surface area contributed by atoms with Gasteiger partial charge < -0.3 is 5.32 Å². The lowest BCUT2D eigenvalue weighted by Crippen LogP contribution is -2.52. The predicted octanol–water partition coefficient (Wildman–Crippen LogP) is 2.68. The van der Waals surface area contributed by atoms with Crippen molar-refractivity contribution in [3.63, 3.8) is 0 Å². The Morgan fingerprint density at radius 2 is 2.09 bits per heavy atom. The van der Waals surface area contributed by atoms with Crippen molar-refractivity contribution in [1.29, 1.82) is 0 Å². The molecule has 1 aromatic carbocycles. The van der Waals surface area contributed by atoms with Crippen LogP contribution in [0.4, 0.5) is 0 Å². The molecule has 1 aliphatic rings. The highest BCUT2D eigenvalue weighted by molar-refractivity contribution is 7.86. The van der Waals surface area contributed by atoms with Crippen molar-refractivity contribution in [2.45, 2.75) is 25.8 Å². The van der Waals surface area contributed by atoms with E-state index in [9.17, 15) is 8.42 Å². The summed E-state index contributed by atoms with van der Waals surface area (Å²) < 4.78 is 28.8. The molecule has 0 aliphatic carbocycles. The van der Waals surface area contributed by atoms with E-state index in [2.05, 4.69) is 12.2 Å². The molecule has 1 atom stereocenters. The van der Waals surface area contributed by atoms with E-state index in [0.717, 1.165) is 18.4 Å². The Balaban J connectivity index is 0.00000264. The summed E-state index contributed by atoms with van der Waals surface area (Å²) in [5, 5.41) is 3.87. The molecule has 5 nitrogen and oxygen atoms in total. The number of hydrogen-bond acceptors (Lipinski definition) is 3. The van der Waals surface area contributed by atoms with E-state index in [-0.39, 0.29) is 18.4 Å². The molecule has 1 heterocycles. The first-order valence-corrected chi connectivity index (χ1v) is 9.44. The van der Waals surface area contributed by atoms with Gasteiger partial charge in [-0.25, -0.2) is 0 Å². The van der Waals surface area contributed by atoms with Crippen molar-refractivity contribution < 1.29 is 8.42 Å². The zero-order chi connectivity index (χ0) is 16.2. The largest absolute Gasteiger partial charge is 0.313 e. The average Bonchev–Trinajstić information content (AvgIpc) is 2.53. The molecule has 8 heteroatoms. The molecule has 0 spiro atoms. The van der Waals surface area contributed by atoms with Crippen molar-refractivity contribution in [3.8, 4) is 0 Å². The molecule has 1 fully saturated rings. The van der Waals surface area contributed by atoms with Gasteiger partial charge in [0.15, 0.2) is 0 Å². The van der Waals surface area contributed by atoms with E-state index < -0.39 is 10.2 Å². The van der Waals surface area contributed by atoms with Gasteiger partial charge in [-0.3, -0.25) is 0 Å². The normalized spacial score (nSPS) is 19.6. The molecule has 1 saturated heterocycles. The van der Waals surface area contributed by atoms with Gasteiger partial charge in [0, 0.05) is 38.2 Å². The molecular weight excluding hydrogens is 357 g/mol. The first-order chi connectivity index (χ1) is 10.5. The summed E-state index contributed by atoms with van der Waals surface area (Å²) in [5.74, 6) is 0. The second-order valence-corrected chi connectivity index (χ2v) is 7.93. The van der Waals surface area contributed by atoms with Crippen LogP contribution in [0.15, 0.2) is 24.3 Å². The molecule has 0 amide bonds. The summed E-state index contributed by atoms with van der Waals surface area (Å²) >= 11 is 6.27. The molecular formula is C15H25Cl2N3O2S. The van der Waals surface area contributed by atoms with Gasteiger partial charge in [-0.05, 0) is 18.1 Å². The fourth-order valence-electron chi connectivity index (χ4n) is 2.65. The first-order valence-electron chi connectivity index (χ1n) is 7.66. The third-order valence-corrected chi connectivity index (χ3v) is 6.32. The lowest BCUT2D eigenvalue weighted by molar-refractivity contribution is 0.252. The smallest absolute Gasteiger partial charge is 0.282 e. The lowest BCUT2D eigenvalue weighted by atomic mass is 10.1. The number of nitrogens with zero attached hydrogens (tertiary/aromatic N) is 2. The molecule has 1 unspecified atom stereocenters. The van der Waals surface area contributed by atoms with Gasteiger partial charge in [0.05, 0.1) is 6.04 Å². The summed E-state index contributed by atoms with van der Waals surface area (Å²) in [6.45, 7) is 4.27. The number of piperazine rings is 1. The van der Waals surface area contributed by atoms with Gasteiger partial charge in [0.25, 0.3) is 10.2 Å². The van der Waals surface area contributed by atoms with Gasteiger partial charge in [-0.2, -0.15) is 17.0 Å². The Morgan fingerprint density at radius 1 is 1.39 bits per heavy atom. The fourth-order valence-corrected chi connectivity index (χ4v) is 4.46. The van der Waals surface area contributed by atoms with Crippen molar-refractivity contribution >= 4 is 34.2 Å². The maximum atomic E-state index is 12.9. The van der Waals surface area contributed by atoms with Crippen molar-refractivity contribution in [2.75, 3.05) is 33.2 Å². The molecule has 1 N–H and O–H groups in total. The minimum Gasteiger partial charge on any atom is -0.313 e. The maximum Gasteiger partial charge on any atom is 0.282 e. The summed E-state index contributed by atoms with van der Waals surface area (Å²) in [7, 11) is -1.83. The van der Waals surface area contributed by atoms with Gasteiger partial charge in [0.1, 0.15) is 0 Å². The van der Waals surface area contributed by atoms with Crippen molar-refractivity contribution in [3.05, 3.63) is 34.9 Å². The van der Waals surface area contributed by atoms with Crippen LogP contribution >= 0.6 is 24.0 Å². The number of nitrogens with one attached hydrogen (secondary N) is 1. The molecule has 132 valence electrons. The quantitative estimate of drug-likeness (QED) is 0.823. The van der Waals surface area contributed by atoms with Crippen LogP contribution in [0.1, 0.15) is 31.4 Å². The summed E-state index contributed by atoms with van der Waals surface area (Å²) in [4.78, 5) is 0. The molecule has 2 rings (SSSR count). The van der Waals surface area contributed by atoms with Crippen LogP contribution in [0.25, 0.3) is 0 Å². The second-order valence-electron chi connectivity index (χ2n) is 5.54. The lowest BCUT2D eigenvalue weighted by Gasteiger charge is -2.38. The Kier molecular flexibility index (Phi) is 8.27. The zero-order valence-corrected chi connectivity index (χ0v) is 15.9. The third-order valence-electron chi connectivity index (χ3n) is 3.98. The van der Waals surface area contributed by atoms with Crippen LogP contribution in [-0.4, -0.2) is 50.3 Å². The molecule has 0 bridgehead atoms. The van der Waals surface area contributed by atoms with Gasteiger partial charge in [-0.15, -0.1) is 12.4 Å². The summed E-state index contributed by atoms with van der Waals surface area (Å²) in [5.41, 5.74) is 0.851. The number of halogens is 2. The van der Waals surface area contributed by atoms with E-state index in [0.29, 0.717) is 31.2 Å². The Labute approximate surface area is 150 Å². The minimum absolute atomic E-state index is 0. The monoisotopic (exact) mass is 381 g/mol. The SMILES string of the molecule is CCCCN(C)S(=O)(=O)N1CCNCC1c1ccccc1Cl.Cl. The van der Waals surface area contributed by atoms with E-state index in [4.69, 9.17) is 11.6 Å². The average molecular weight is 382 g/mol. The second kappa shape index (κ2) is 9.20. The van der Waals surface area contributed by atoms with E-state index in [1.807, 2.05) is 18.2 Å². The maximum absolute atomic E-state index is 12.9. The molecule has 1 aliphatic heterocycles. The molecule has 0 saturated carbocycles. The molecule has 1 aromatic rings. The van der Waals surface area contributed by atoms with Crippen LogP contribution in [0, 0.1) is 0 Å². The number of rotatable bonds is 6. The Hall–Kier alpha value is -0.370. The zero-order valence-electron chi connectivity index (χ0n) is 13.5. The fraction of sp³-hybridized carbons (Fsp3) is 0.600. The topological polar surface area (TPSA) is 52.7 Å². The summed E-state index contributed by atoms with van der Waals surface area (Å²) in [6.07, 6.45) is 1.83. The molecule has 23 heavy (non-hydrogen) atoms. The standard InChI is InChI=1S/C15H24ClN3O2S.ClH/c1-3-4-10-18(2)22(20,21)19-11-9-17-12-15(19)13-7-5-6-8-14(13)16;/h5-8,15,17H,3-4,9-12H2,1-2H3;1H. The van der Waals surface area contributed by atoms with Gasteiger partial charge in [-0.1, -0.05) is 43.1 Å². The van der Waals surface area contributed by atoms with Crippen LogP contribution in [0.3, 0.4) is 0 Å². The highest BCUT2D eigenvalue weighted by Gasteiger charge is 2.36. The van der Waals surface area contributed by atoms with Crippen LogP contribution < -0.4 is 5.32 Å². The summed E-state index contributed by atoms with van der Waals surface area (Å²) in [6, 6.07) is 7.18. The number of benzene rings is 1. The molecule has 0 aromatic heterocycles. The van der Waals surface area contributed by atoms with Gasteiger partial charge in [0.2, 0.25) is 0 Å². The highest BCUT2D eigenvalue weighted by Crippen LogP contribution is 2.31. The number of unbranched alkanes of at least 4 members (excludes halogenated alkanes) is 1. The van der Waals surface area contributed by atoms with Gasteiger partial charge >= 0.3 is 0 Å². The first kappa shape index (κ1) is 20.7. The van der Waals surface area contributed by atoms with Crippen LogP contribution in [-0.2, 0) is 10.2 Å². The van der Waals surface area contributed by atoms with E-state index in [1.165, 1.54) is 4.31 Å². The van der Waals surface area contributed by atoms with Crippen LogP contribution in [0.2, 0.25) is 5.02 Å².